The molecule has 0 bridgehead atoms. The van der Waals surface area contributed by atoms with Crippen LogP contribution in [0.2, 0.25) is 0 Å². The second-order valence-corrected chi connectivity index (χ2v) is 11.4. The molecule has 236 valence electrons. The van der Waals surface area contributed by atoms with E-state index in [1.165, 1.54) is 23.9 Å². The predicted octanol–water partition coefficient (Wildman–Crippen LogP) is 7.01. The molecule has 0 saturated heterocycles. The topological polar surface area (TPSA) is 134 Å². The van der Waals surface area contributed by atoms with Gasteiger partial charge in [-0.25, -0.2) is 4.79 Å². The molecule has 4 aromatic carbocycles. The number of hydrogen-bond donors (Lipinski definition) is 4. The van der Waals surface area contributed by atoms with Crippen molar-refractivity contribution in [3.8, 4) is 5.75 Å². The van der Waals surface area contributed by atoms with Gasteiger partial charge in [0.15, 0.2) is 0 Å². The number of carbonyl (C=O) groups is 4. The number of ether oxygens (including phenoxy) is 1. The number of rotatable bonds is 13. The number of benzene rings is 4. The lowest BCUT2D eigenvalue weighted by atomic mass is 10.1. The molecule has 4 rings (SSSR count). The van der Waals surface area contributed by atoms with Gasteiger partial charge in [-0.2, -0.15) is 0 Å². The zero-order valence-electron chi connectivity index (χ0n) is 25.7. The molecule has 4 N–H and O–H groups in total. The molecular weight excluding hydrogens is 602 g/mol. The fraction of sp³-hybridized carbons (Fsp3) is 0.167. The van der Waals surface area contributed by atoms with Crippen molar-refractivity contribution in [2.75, 3.05) is 17.2 Å². The van der Waals surface area contributed by atoms with E-state index in [0.29, 0.717) is 41.3 Å². The predicted molar refractivity (Wildman–Crippen MR) is 181 cm³/mol. The minimum Gasteiger partial charge on any atom is -0.493 e. The maximum Gasteiger partial charge on any atom is 0.335 e. The Morgan fingerprint density at radius 2 is 1.59 bits per heavy atom. The molecule has 0 fully saturated rings. The van der Waals surface area contributed by atoms with Gasteiger partial charge in [0.25, 0.3) is 11.8 Å². The van der Waals surface area contributed by atoms with Gasteiger partial charge in [-0.15, -0.1) is 11.8 Å². The quantitative estimate of drug-likeness (QED) is 0.0915. The van der Waals surface area contributed by atoms with Crippen molar-refractivity contribution < 1.29 is 29.0 Å². The molecule has 0 heterocycles. The van der Waals surface area contributed by atoms with Crippen LogP contribution in [0.1, 0.15) is 52.1 Å². The van der Waals surface area contributed by atoms with Gasteiger partial charge < -0.3 is 25.8 Å². The van der Waals surface area contributed by atoms with E-state index in [1.807, 2.05) is 32.0 Å². The van der Waals surface area contributed by atoms with Crippen molar-refractivity contribution in [2.45, 2.75) is 37.3 Å². The van der Waals surface area contributed by atoms with Gasteiger partial charge in [0.05, 0.1) is 17.4 Å². The third-order valence-corrected chi connectivity index (χ3v) is 8.18. The number of para-hydroxylation sites is 1. The highest BCUT2D eigenvalue weighted by atomic mass is 32.2. The van der Waals surface area contributed by atoms with Crippen LogP contribution < -0.4 is 20.7 Å². The lowest BCUT2D eigenvalue weighted by Gasteiger charge is -2.17. The van der Waals surface area contributed by atoms with Gasteiger partial charge in [-0.05, 0) is 80.4 Å². The van der Waals surface area contributed by atoms with Crippen molar-refractivity contribution in [2.24, 2.45) is 0 Å². The van der Waals surface area contributed by atoms with Crippen LogP contribution in [0.25, 0.3) is 6.08 Å². The summed E-state index contributed by atoms with van der Waals surface area (Å²) in [6, 6.07) is 27.5. The summed E-state index contributed by atoms with van der Waals surface area (Å²) < 4.78 is 5.72. The number of amides is 3. The highest BCUT2D eigenvalue weighted by Gasteiger charge is 2.21. The lowest BCUT2D eigenvalue weighted by molar-refractivity contribution is -0.116. The molecule has 1 atom stereocenters. The third-order valence-electron chi connectivity index (χ3n) is 6.82. The van der Waals surface area contributed by atoms with Crippen LogP contribution in [0.3, 0.4) is 0 Å². The van der Waals surface area contributed by atoms with Crippen molar-refractivity contribution in [3.63, 3.8) is 0 Å². The Bertz CT molecular complexity index is 1760. The maximum absolute atomic E-state index is 13.6. The molecule has 10 heteroatoms. The van der Waals surface area contributed by atoms with E-state index < -0.39 is 23.0 Å². The van der Waals surface area contributed by atoms with Crippen molar-refractivity contribution in [3.05, 3.63) is 125 Å². The summed E-state index contributed by atoms with van der Waals surface area (Å²) in [5, 5.41) is 17.3. The number of aromatic carboxylic acids is 1. The number of carboxylic acid groups (broad SMARTS) is 1. The molecule has 0 saturated carbocycles. The van der Waals surface area contributed by atoms with Crippen LogP contribution in [0.4, 0.5) is 11.4 Å². The number of anilines is 2. The van der Waals surface area contributed by atoms with Crippen LogP contribution in [0, 0.1) is 6.92 Å². The molecule has 0 aliphatic heterocycles. The zero-order valence-corrected chi connectivity index (χ0v) is 26.5. The Kier molecular flexibility index (Phi) is 11.7. The summed E-state index contributed by atoms with van der Waals surface area (Å²) in [6.45, 7) is 5.97. The van der Waals surface area contributed by atoms with E-state index in [1.54, 1.807) is 79.7 Å². The highest BCUT2D eigenvalue weighted by molar-refractivity contribution is 8.00. The van der Waals surface area contributed by atoms with E-state index in [9.17, 15) is 24.3 Å². The molecule has 9 nitrogen and oxygen atoms in total. The number of aryl methyl sites for hydroxylation is 1. The largest absolute Gasteiger partial charge is 0.493 e. The minimum absolute atomic E-state index is 0.0174. The van der Waals surface area contributed by atoms with Crippen LogP contribution in [-0.2, 0) is 9.59 Å². The smallest absolute Gasteiger partial charge is 0.335 e. The fourth-order valence-electron chi connectivity index (χ4n) is 4.42. The number of carboxylic acids is 1. The van der Waals surface area contributed by atoms with E-state index in [-0.39, 0.29) is 17.2 Å². The molecule has 3 amide bonds. The first-order valence-corrected chi connectivity index (χ1v) is 15.6. The molecule has 0 aliphatic carbocycles. The van der Waals surface area contributed by atoms with Crippen LogP contribution in [0.15, 0.2) is 108 Å². The second kappa shape index (κ2) is 16.1. The average Bonchev–Trinajstić information content (AvgIpc) is 3.05. The van der Waals surface area contributed by atoms with Crippen LogP contribution in [0.5, 0.6) is 5.75 Å². The highest BCUT2D eigenvalue weighted by Crippen LogP contribution is 2.30. The van der Waals surface area contributed by atoms with Gasteiger partial charge >= 0.3 is 5.97 Å². The molecule has 1 unspecified atom stereocenters. The lowest BCUT2D eigenvalue weighted by Crippen LogP contribution is -2.30. The summed E-state index contributed by atoms with van der Waals surface area (Å²) in [5.41, 5.74) is 2.76. The summed E-state index contributed by atoms with van der Waals surface area (Å²) >= 11 is 1.32. The number of nitrogens with one attached hydrogen (secondary N) is 3. The standard InChI is InChI=1S/C36H35N3O6S/c1-4-32(35(42)38-29-21-26(36(43)44)19-18-23(29)3)46-28-16-11-15-27(22-28)37-34(41)30(39-33(40)24-12-7-6-8-13-24)20-25-14-9-10-17-31(25)45-5-2/h6-22,32H,4-5H2,1-3H3,(H,37,41)(H,38,42)(H,39,40)(H,43,44)/b30-20+. The molecule has 0 aromatic heterocycles. The Balaban J connectivity index is 1.53. The Labute approximate surface area is 272 Å². The summed E-state index contributed by atoms with van der Waals surface area (Å²) in [7, 11) is 0. The van der Waals surface area contributed by atoms with E-state index in [4.69, 9.17) is 4.74 Å². The normalized spacial score (nSPS) is 11.7. The first-order valence-electron chi connectivity index (χ1n) is 14.7. The van der Waals surface area contributed by atoms with E-state index in [2.05, 4.69) is 16.0 Å². The van der Waals surface area contributed by atoms with Crippen molar-refractivity contribution in [1.82, 2.24) is 5.32 Å². The Hall–Kier alpha value is -5.35. The summed E-state index contributed by atoms with van der Waals surface area (Å²) in [6.07, 6.45) is 2.07. The summed E-state index contributed by atoms with van der Waals surface area (Å²) in [4.78, 5) is 52.0. The average molecular weight is 638 g/mol. The Morgan fingerprint density at radius 3 is 2.30 bits per heavy atom. The fourth-order valence-corrected chi connectivity index (χ4v) is 5.43. The van der Waals surface area contributed by atoms with Gasteiger partial charge in [-0.3, -0.25) is 14.4 Å². The van der Waals surface area contributed by atoms with E-state index >= 15 is 0 Å². The first-order chi connectivity index (χ1) is 22.2. The molecule has 0 radical (unpaired) electrons. The zero-order chi connectivity index (χ0) is 33.1. The number of hydrogen-bond acceptors (Lipinski definition) is 6. The third kappa shape index (κ3) is 9.09. The molecular formula is C36H35N3O6S. The minimum atomic E-state index is -1.08. The number of carbonyl (C=O) groups excluding carboxylic acids is 3. The SMILES string of the molecule is CCOc1ccccc1/C=C(/NC(=O)c1ccccc1)C(=O)Nc1cccc(SC(CC)C(=O)Nc2cc(C(=O)O)ccc2C)c1. The maximum atomic E-state index is 13.6. The van der Waals surface area contributed by atoms with Crippen LogP contribution in [-0.4, -0.2) is 40.7 Å². The number of thioether (sulfide) groups is 1. The second-order valence-electron chi connectivity index (χ2n) is 10.2. The van der Waals surface area contributed by atoms with Gasteiger partial charge in [0.2, 0.25) is 5.91 Å². The monoisotopic (exact) mass is 637 g/mol. The van der Waals surface area contributed by atoms with Crippen LogP contribution >= 0.6 is 11.8 Å². The van der Waals surface area contributed by atoms with E-state index in [0.717, 1.165) is 10.5 Å². The molecule has 46 heavy (non-hydrogen) atoms. The Morgan fingerprint density at radius 1 is 0.848 bits per heavy atom. The van der Waals surface area contributed by atoms with Crippen molar-refractivity contribution in [1.29, 1.82) is 0 Å². The molecule has 4 aromatic rings. The van der Waals surface area contributed by atoms with Gasteiger partial charge in [-0.1, -0.05) is 55.5 Å². The molecule has 0 aliphatic rings. The first kappa shape index (κ1) is 33.5. The van der Waals surface area contributed by atoms with Crippen molar-refractivity contribution >= 4 is 52.9 Å². The molecule has 0 spiro atoms. The summed E-state index contributed by atoms with van der Waals surface area (Å²) in [5.74, 6) is -1.77. The van der Waals surface area contributed by atoms with Gasteiger partial charge in [0, 0.05) is 27.4 Å². The van der Waals surface area contributed by atoms with Gasteiger partial charge in [0.1, 0.15) is 11.4 Å².